The Morgan fingerprint density at radius 1 is 1.08 bits per heavy atom. The van der Waals surface area contributed by atoms with Crippen LogP contribution in [0.15, 0.2) is 0 Å². The molecule has 0 aliphatic carbocycles. The van der Waals surface area contributed by atoms with E-state index in [-0.39, 0.29) is 0 Å². The SMILES string of the molecule is CC(C)CSCCCCC(C)(C)C. The summed E-state index contributed by atoms with van der Waals surface area (Å²) in [5.41, 5.74) is 0.530. The second-order valence-corrected chi connectivity index (χ2v) is 6.64. The molecule has 0 spiro atoms. The van der Waals surface area contributed by atoms with E-state index in [9.17, 15) is 0 Å². The Hall–Kier alpha value is 0.350. The monoisotopic (exact) mass is 202 g/mol. The molecular weight excluding hydrogens is 176 g/mol. The molecule has 0 fully saturated rings. The minimum atomic E-state index is 0.530. The minimum Gasteiger partial charge on any atom is -0.162 e. The van der Waals surface area contributed by atoms with Crippen LogP contribution in [0.5, 0.6) is 0 Å². The highest BCUT2D eigenvalue weighted by Gasteiger charge is 2.08. The van der Waals surface area contributed by atoms with E-state index in [2.05, 4.69) is 46.4 Å². The number of rotatable bonds is 6. The molecule has 0 aromatic heterocycles. The summed E-state index contributed by atoms with van der Waals surface area (Å²) in [6.45, 7) is 11.6. The third kappa shape index (κ3) is 12.4. The first kappa shape index (κ1) is 13.4. The summed E-state index contributed by atoms with van der Waals surface area (Å²) in [4.78, 5) is 0. The molecule has 0 aromatic rings. The second-order valence-electron chi connectivity index (χ2n) is 5.49. The van der Waals surface area contributed by atoms with Crippen LogP contribution in [0.4, 0.5) is 0 Å². The smallest absolute Gasteiger partial charge is 0.00444 e. The highest BCUT2D eigenvalue weighted by molar-refractivity contribution is 7.99. The lowest BCUT2D eigenvalue weighted by atomic mass is 9.90. The fraction of sp³-hybridized carbons (Fsp3) is 1.00. The summed E-state index contributed by atoms with van der Waals surface area (Å²) < 4.78 is 0. The molecule has 1 heteroatoms. The molecule has 0 aromatic carbocycles. The van der Waals surface area contributed by atoms with E-state index in [1.54, 1.807) is 0 Å². The van der Waals surface area contributed by atoms with Crippen molar-refractivity contribution in [3.05, 3.63) is 0 Å². The van der Waals surface area contributed by atoms with Crippen molar-refractivity contribution >= 4 is 11.8 Å². The average Bonchev–Trinajstić information content (AvgIpc) is 1.93. The first-order valence-corrected chi connectivity index (χ1v) is 6.65. The van der Waals surface area contributed by atoms with E-state index in [0.29, 0.717) is 5.41 Å². The molecule has 0 rings (SSSR count). The Morgan fingerprint density at radius 2 is 1.69 bits per heavy atom. The van der Waals surface area contributed by atoms with Gasteiger partial charge >= 0.3 is 0 Å². The number of unbranched alkanes of at least 4 members (excludes halogenated alkanes) is 1. The molecule has 0 saturated heterocycles. The van der Waals surface area contributed by atoms with Gasteiger partial charge in [-0.3, -0.25) is 0 Å². The highest BCUT2D eigenvalue weighted by Crippen LogP contribution is 2.22. The summed E-state index contributed by atoms with van der Waals surface area (Å²) in [5.74, 6) is 3.54. The lowest BCUT2D eigenvalue weighted by Crippen LogP contribution is -2.04. The Labute approximate surface area is 88.9 Å². The third-order valence-electron chi connectivity index (χ3n) is 1.92. The highest BCUT2D eigenvalue weighted by atomic mass is 32.2. The molecule has 80 valence electrons. The van der Waals surface area contributed by atoms with Gasteiger partial charge in [0.15, 0.2) is 0 Å². The van der Waals surface area contributed by atoms with Gasteiger partial charge in [-0.15, -0.1) is 0 Å². The topological polar surface area (TPSA) is 0 Å². The standard InChI is InChI=1S/C12H26S/c1-11(2)10-13-9-7-6-8-12(3,4)5/h11H,6-10H2,1-5H3. The van der Waals surface area contributed by atoms with Gasteiger partial charge in [0.2, 0.25) is 0 Å². The van der Waals surface area contributed by atoms with Crippen LogP contribution in [0.3, 0.4) is 0 Å². The summed E-state index contributed by atoms with van der Waals surface area (Å²) in [5, 5.41) is 0. The van der Waals surface area contributed by atoms with Crippen molar-refractivity contribution in [2.45, 2.75) is 53.9 Å². The van der Waals surface area contributed by atoms with Gasteiger partial charge in [0.05, 0.1) is 0 Å². The first-order valence-electron chi connectivity index (χ1n) is 5.49. The van der Waals surface area contributed by atoms with Gasteiger partial charge in [0.1, 0.15) is 0 Å². The molecule has 0 heterocycles. The number of hydrogen-bond acceptors (Lipinski definition) is 1. The van der Waals surface area contributed by atoms with Crippen molar-refractivity contribution in [3.63, 3.8) is 0 Å². The maximum absolute atomic E-state index is 2.33. The second kappa shape index (κ2) is 6.75. The molecule has 0 radical (unpaired) electrons. The Bertz CT molecular complexity index is 111. The van der Waals surface area contributed by atoms with Crippen molar-refractivity contribution in [2.75, 3.05) is 11.5 Å². The molecule has 0 saturated carbocycles. The van der Waals surface area contributed by atoms with E-state index in [0.717, 1.165) is 5.92 Å². The van der Waals surface area contributed by atoms with Crippen LogP contribution in [-0.2, 0) is 0 Å². The van der Waals surface area contributed by atoms with Crippen LogP contribution in [-0.4, -0.2) is 11.5 Å². The van der Waals surface area contributed by atoms with Gasteiger partial charge < -0.3 is 0 Å². The summed E-state index contributed by atoms with van der Waals surface area (Å²) >= 11 is 2.11. The van der Waals surface area contributed by atoms with E-state index >= 15 is 0 Å². The zero-order chi connectivity index (χ0) is 10.3. The molecule has 0 bridgehead atoms. The van der Waals surface area contributed by atoms with Crippen molar-refractivity contribution in [1.82, 2.24) is 0 Å². The van der Waals surface area contributed by atoms with E-state index in [4.69, 9.17) is 0 Å². The molecule has 0 amide bonds. The minimum absolute atomic E-state index is 0.530. The number of thioether (sulfide) groups is 1. The Balaban J connectivity index is 3.09. The quantitative estimate of drug-likeness (QED) is 0.568. The maximum Gasteiger partial charge on any atom is -0.00444 e. The zero-order valence-corrected chi connectivity index (χ0v) is 10.8. The van der Waals surface area contributed by atoms with Crippen LogP contribution in [0.25, 0.3) is 0 Å². The van der Waals surface area contributed by atoms with Crippen LogP contribution in [0, 0.1) is 11.3 Å². The van der Waals surface area contributed by atoms with Crippen LogP contribution >= 0.6 is 11.8 Å². The fourth-order valence-electron chi connectivity index (χ4n) is 1.18. The van der Waals surface area contributed by atoms with Crippen LogP contribution in [0.2, 0.25) is 0 Å². The molecule has 0 nitrogen and oxygen atoms in total. The average molecular weight is 202 g/mol. The first-order chi connectivity index (χ1) is 5.92. The molecule has 0 aliphatic heterocycles. The van der Waals surface area contributed by atoms with Gasteiger partial charge in [-0.1, -0.05) is 41.0 Å². The lowest BCUT2D eigenvalue weighted by Gasteiger charge is -2.17. The molecular formula is C12H26S. The lowest BCUT2D eigenvalue weighted by molar-refractivity contribution is 0.364. The predicted octanol–water partition coefficient (Wildman–Crippen LogP) is 4.59. The Kier molecular flexibility index (Phi) is 6.93. The largest absolute Gasteiger partial charge is 0.162 e. The normalized spacial score (nSPS) is 12.5. The number of hydrogen-bond donors (Lipinski definition) is 0. The van der Waals surface area contributed by atoms with Crippen LogP contribution < -0.4 is 0 Å². The van der Waals surface area contributed by atoms with Crippen molar-refractivity contribution < 1.29 is 0 Å². The van der Waals surface area contributed by atoms with E-state index in [1.165, 1.54) is 30.8 Å². The van der Waals surface area contributed by atoms with E-state index < -0.39 is 0 Å². The van der Waals surface area contributed by atoms with Gasteiger partial charge in [-0.25, -0.2) is 0 Å². The third-order valence-corrected chi connectivity index (χ3v) is 3.40. The van der Waals surface area contributed by atoms with Gasteiger partial charge in [-0.2, -0.15) is 11.8 Å². The molecule has 0 atom stereocenters. The Morgan fingerprint density at radius 3 is 2.15 bits per heavy atom. The maximum atomic E-state index is 2.33. The predicted molar refractivity (Wildman–Crippen MR) is 65.5 cm³/mol. The van der Waals surface area contributed by atoms with Crippen molar-refractivity contribution in [2.24, 2.45) is 11.3 Å². The van der Waals surface area contributed by atoms with Crippen molar-refractivity contribution in [3.8, 4) is 0 Å². The van der Waals surface area contributed by atoms with Gasteiger partial charge in [-0.05, 0) is 35.7 Å². The molecule has 0 aliphatic rings. The summed E-state index contributed by atoms with van der Waals surface area (Å²) in [6.07, 6.45) is 4.17. The fourth-order valence-corrected chi connectivity index (χ4v) is 2.22. The molecule has 0 unspecified atom stereocenters. The summed E-state index contributed by atoms with van der Waals surface area (Å²) in [7, 11) is 0. The van der Waals surface area contributed by atoms with Crippen molar-refractivity contribution in [1.29, 1.82) is 0 Å². The molecule has 0 N–H and O–H groups in total. The van der Waals surface area contributed by atoms with E-state index in [1.807, 2.05) is 0 Å². The summed E-state index contributed by atoms with van der Waals surface area (Å²) in [6, 6.07) is 0. The molecule has 13 heavy (non-hydrogen) atoms. The van der Waals surface area contributed by atoms with Gasteiger partial charge in [0.25, 0.3) is 0 Å². The van der Waals surface area contributed by atoms with Crippen LogP contribution in [0.1, 0.15) is 53.9 Å². The zero-order valence-electron chi connectivity index (χ0n) is 10.0. The van der Waals surface area contributed by atoms with Gasteiger partial charge in [0, 0.05) is 0 Å².